The highest BCUT2D eigenvalue weighted by atomic mass is 32.2. The number of hydrogen-bond donors (Lipinski definition) is 2. The Hall–Kier alpha value is -2.74. The number of carbonyl (C=O) groups is 1. The second-order valence-corrected chi connectivity index (χ2v) is 10.3. The molecule has 1 heterocycles. The first-order valence-electron chi connectivity index (χ1n) is 10.6. The van der Waals surface area contributed by atoms with E-state index in [2.05, 4.69) is 22.0 Å². The van der Waals surface area contributed by atoms with E-state index in [0.29, 0.717) is 17.7 Å². The molecule has 1 aliphatic carbocycles. The van der Waals surface area contributed by atoms with Gasteiger partial charge in [0, 0.05) is 25.6 Å². The minimum Gasteiger partial charge on any atom is -0.431 e. The lowest BCUT2D eigenvalue weighted by molar-refractivity contribution is -0.118. The predicted molar refractivity (Wildman–Crippen MR) is 126 cm³/mol. The Morgan fingerprint density at radius 2 is 1.77 bits per heavy atom. The van der Waals surface area contributed by atoms with Gasteiger partial charge in [-0.2, -0.15) is 21.6 Å². The van der Waals surface area contributed by atoms with Crippen molar-refractivity contribution in [3.63, 3.8) is 0 Å². The first-order chi connectivity index (χ1) is 16.4. The standard InChI is InChI=1S/C21H23N3O2S.CHF3O3S/c22-20(25)12-14-24(16-7-8-16)13-11-15-5-9-17(10-6-15)26-21-23-18-3-1-2-4-19(18)27-21;2-1(3,4)8(5,6)7/h1-6,9-10,16H,7-8,11-14H2,(H2,22,25);(H,5,6,7). The molecule has 8 nitrogen and oxygen atoms in total. The molecule has 0 spiro atoms. The Balaban J connectivity index is 0.000000371. The van der Waals surface area contributed by atoms with E-state index in [0.717, 1.165) is 35.5 Å². The number of thiazole rings is 1. The van der Waals surface area contributed by atoms with Gasteiger partial charge in [0.2, 0.25) is 5.91 Å². The third kappa shape index (κ3) is 8.46. The van der Waals surface area contributed by atoms with E-state index in [-0.39, 0.29) is 5.91 Å². The van der Waals surface area contributed by atoms with E-state index in [4.69, 9.17) is 23.4 Å². The summed E-state index contributed by atoms with van der Waals surface area (Å²) >= 11 is 1.55. The van der Waals surface area contributed by atoms with Gasteiger partial charge in [0.05, 0.1) is 10.2 Å². The summed E-state index contributed by atoms with van der Waals surface area (Å²) in [6.45, 7) is 1.72. The van der Waals surface area contributed by atoms with Crippen LogP contribution in [0.1, 0.15) is 24.8 Å². The van der Waals surface area contributed by atoms with Crippen LogP contribution in [0.25, 0.3) is 10.2 Å². The van der Waals surface area contributed by atoms with Crippen LogP contribution in [0.4, 0.5) is 13.2 Å². The quantitative estimate of drug-likeness (QED) is 0.311. The molecule has 2 aromatic carbocycles. The van der Waals surface area contributed by atoms with Gasteiger partial charge in [-0.1, -0.05) is 35.6 Å². The summed E-state index contributed by atoms with van der Waals surface area (Å²) in [5.74, 6) is 0.572. The molecule has 1 fully saturated rings. The van der Waals surface area contributed by atoms with E-state index in [1.54, 1.807) is 11.3 Å². The summed E-state index contributed by atoms with van der Waals surface area (Å²) in [6.07, 6.45) is 3.85. The number of hydrogen-bond acceptors (Lipinski definition) is 7. The fourth-order valence-electron chi connectivity index (χ4n) is 3.16. The highest BCUT2D eigenvalue weighted by Crippen LogP contribution is 2.31. The Morgan fingerprint density at radius 1 is 1.14 bits per heavy atom. The molecule has 0 radical (unpaired) electrons. The molecular formula is C22H24F3N3O5S2. The Bertz CT molecular complexity index is 1210. The van der Waals surface area contributed by atoms with Crippen LogP contribution in [0, 0.1) is 0 Å². The van der Waals surface area contributed by atoms with Crippen LogP contribution in [0.2, 0.25) is 0 Å². The number of benzene rings is 2. The first-order valence-corrected chi connectivity index (χ1v) is 12.9. The van der Waals surface area contributed by atoms with Crippen molar-refractivity contribution in [2.45, 2.75) is 37.2 Å². The minimum atomic E-state index is -5.84. The van der Waals surface area contributed by atoms with Crippen molar-refractivity contribution in [2.24, 2.45) is 5.73 Å². The van der Waals surface area contributed by atoms with Crippen molar-refractivity contribution in [2.75, 3.05) is 13.1 Å². The summed E-state index contributed by atoms with van der Waals surface area (Å²) in [5, 5.41) is 0.662. The molecule has 1 aromatic heterocycles. The summed E-state index contributed by atoms with van der Waals surface area (Å²) in [6, 6.07) is 16.8. The number of fused-ring (bicyclic) bond motifs is 1. The SMILES string of the molecule is NC(=O)CCN(CCc1ccc(Oc2nc3ccccc3s2)cc1)C1CC1.O=S(=O)(O)C(F)(F)F. The van der Waals surface area contributed by atoms with Crippen LogP contribution in [0.15, 0.2) is 48.5 Å². The molecule has 3 N–H and O–H groups in total. The molecule has 0 atom stereocenters. The van der Waals surface area contributed by atoms with Crippen LogP contribution >= 0.6 is 11.3 Å². The molecule has 0 aliphatic heterocycles. The number of aromatic nitrogens is 1. The molecular weight excluding hydrogens is 507 g/mol. The zero-order valence-corrected chi connectivity index (χ0v) is 20.1. The van der Waals surface area contributed by atoms with E-state index in [1.807, 2.05) is 36.4 Å². The zero-order valence-electron chi connectivity index (χ0n) is 18.4. The molecule has 3 aromatic rings. The maximum atomic E-state index is 11.0. The van der Waals surface area contributed by atoms with Crippen LogP contribution in [-0.2, 0) is 21.3 Å². The van der Waals surface area contributed by atoms with Gasteiger partial charge in [-0.05, 0) is 49.1 Å². The number of carbonyl (C=O) groups excluding carboxylic acids is 1. The lowest BCUT2D eigenvalue weighted by atomic mass is 10.1. The largest absolute Gasteiger partial charge is 0.522 e. The van der Waals surface area contributed by atoms with Crippen molar-refractivity contribution in [1.82, 2.24) is 9.88 Å². The molecule has 1 amide bonds. The topological polar surface area (TPSA) is 123 Å². The second-order valence-electron chi connectivity index (χ2n) is 7.85. The van der Waals surface area contributed by atoms with Gasteiger partial charge in [-0.15, -0.1) is 0 Å². The average Bonchev–Trinajstić information content (AvgIpc) is 3.53. The van der Waals surface area contributed by atoms with E-state index in [1.165, 1.54) is 18.4 Å². The van der Waals surface area contributed by atoms with Crippen LogP contribution in [-0.4, -0.2) is 53.4 Å². The number of para-hydroxylation sites is 1. The summed E-state index contributed by atoms with van der Waals surface area (Å²) in [5.41, 5.74) is 1.98. The van der Waals surface area contributed by atoms with E-state index >= 15 is 0 Å². The van der Waals surface area contributed by atoms with Crippen LogP contribution in [0.5, 0.6) is 10.9 Å². The van der Waals surface area contributed by atoms with E-state index < -0.39 is 15.6 Å². The minimum absolute atomic E-state index is 0.225. The van der Waals surface area contributed by atoms with E-state index in [9.17, 15) is 18.0 Å². The molecule has 0 saturated heterocycles. The number of nitrogens with two attached hydrogens (primary N) is 1. The highest BCUT2D eigenvalue weighted by Gasteiger charge is 2.44. The Labute approximate surface area is 204 Å². The Morgan fingerprint density at radius 3 is 2.31 bits per heavy atom. The van der Waals surface area contributed by atoms with Crippen LogP contribution in [0.3, 0.4) is 0 Å². The molecule has 35 heavy (non-hydrogen) atoms. The third-order valence-corrected chi connectivity index (χ3v) is 6.59. The maximum Gasteiger partial charge on any atom is 0.522 e. The fourth-order valence-corrected chi connectivity index (χ4v) is 4.00. The van der Waals surface area contributed by atoms with Crippen molar-refractivity contribution in [1.29, 1.82) is 0 Å². The lowest BCUT2D eigenvalue weighted by Gasteiger charge is -2.21. The van der Waals surface area contributed by atoms with Crippen molar-refractivity contribution >= 4 is 37.6 Å². The van der Waals surface area contributed by atoms with Gasteiger partial charge in [-0.3, -0.25) is 14.2 Å². The second kappa shape index (κ2) is 11.3. The molecule has 1 saturated carbocycles. The van der Waals surface area contributed by atoms with Crippen molar-refractivity contribution in [3.8, 4) is 10.9 Å². The first kappa shape index (κ1) is 26.9. The van der Waals surface area contributed by atoms with Gasteiger partial charge in [0.25, 0.3) is 5.19 Å². The number of ether oxygens (including phenoxy) is 1. The number of halogens is 3. The average molecular weight is 532 g/mol. The van der Waals surface area contributed by atoms with Gasteiger partial charge >= 0.3 is 15.6 Å². The molecule has 13 heteroatoms. The van der Waals surface area contributed by atoms with Crippen molar-refractivity contribution < 1.29 is 35.7 Å². The monoisotopic (exact) mass is 531 g/mol. The predicted octanol–water partition coefficient (Wildman–Crippen LogP) is 4.36. The zero-order chi connectivity index (χ0) is 25.6. The lowest BCUT2D eigenvalue weighted by Crippen LogP contribution is -2.32. The number of alkyl halides is 3. The summed E-state index contributed by atoms with van der Waals surface area (Å²) in [4.78, 5) is 17.9. The third-order valence-electron chi connectivity index (χ3n) is 5.09. The Kier molecular flexibility index (Phi) is 8.70. The highest BCUT2D eigenvalue weighted by molar-refractivity contribution is 7.86. The smallest absolute Gasteiger partial charge is 0.431 e. The van der Waals surface area contributed by atoms with Gasteiger partial charge in [0.1, 0.15) is 5.75 Å². The number of rotatable bonds is 9. The molecule has 4 rings (SSSR count). The molecule has 0 unspecified atom stereocenters. The van der Waals surface area contributed by atoms with Gasteiger partial charge < -0.3 is 10.5 Å². The maximum absolute atomic E-state index is 11.0. The molecule has 190 valence electrons. The summed E-state index contributed by atoms with van der Waals surface area (Å²) in [7, 11) is -5.84. The van der Waals surface area contributed by atoms with Crippen molar-refractivity contribution in [3.05, 3.63) is 54.1 Å². The summed E-state index contributed by atoms with van der Waals surface area (Å²) < 4.78 is 64.6. The van der Waals surface area contributed by atoms with Crippen LogP contribution < -0.4 is 10.5 Å². The van der Waals surface area contributed by atoms with Gasteiger partial charge in [0.15, 0.2) is 0 Å². The normalized spacial score (nSPS) is 14.0. The number of amides is 1. The number of primary amides is 1. The molecule has 0 bridgehead atoms. The number of nitrogens with zero attached hydrogens (tertiary/aromatic N) is 2. The van der Waals surface area contributed by atoms with Gasteiger partial charge in [-0.25, -0.2) is 4.98 Å². The molecule has 1 aliphatic rings. The fraction of sp³-hybridized carbons (Fsp3) is 0.364.